The highest BCUT2D eigenvalue weighted by molar-refractivity contribution is 6.31. The molecule has 2 fully saturated rings. The topological polar surface area (TPSA) is 44.0 Å². The molecule has 1 saturated heterocycles. The van der Waals surface area contributed by atoms with E-state index in [1.807, 2.05) is 29.3 Å². The molecule has 2 aliphatic rings. The fourth-order valence-electron chi connectivity index (χ4n) is 5.00. The van der Waals surface area contributed by atoms with E-state index >= 15 is 0 Å². The van der Waals surface area contributed by atoms with Gasteiger partial charge in [-0.1, -0.05) is 17.7 Å². The van der Waals surface area contributed by atoms with Crippen molar-refractivity contribution in [3.05, 3.63) is 58.9 Å². The molecule has 0 amide bonds. The Labute approximate surface area is 177 Å². The fourth-order valence-corrected chi connectivity index (χ4v) is 5.17. The number of nitrogens with one attached hydrogen (secondary N) is 2. The average molecular weight is 435 g/mol. The van der Waals surface area contributed by atoms with Crippen molar-refractivity contribution in [1.29, 1.82) is 0 Å². The molecule has 2 aromatic heterocycles. The minimum absolute atomic E-state index is 0.343. The van der Waals surface area contributed by atoms with Crippen LogP contribution in [0.5, 0.6) is 0 Å². The number of halogens is 4. The number of H-pyrrole nitrogens is 1. The number of pyridine rings is 1. The SMILES string of the molecule is FC(F)(F)c1cccc(N2C[C@H]3CC[C@H](NCc4c[nH]c5ccc(Cl)cc45)[C@H]3C2)n1. The van der Waals surface area contributed by atoms with Crippen LogP contribution < -0.4 is 10.2 Å². The second-order valence-corrected chi connectivity index (χ2v) is 8.71. The van der Waals surface area contributed by atoms with E-state index in [2.05, 4.69) is 15.3 Å². The maximum Gasteiger partial charge on any atom is 0.433 e. The summed E-state index contributed by atoms with van der Waals surface area (Å²) in [5.74, 6) is 1.32. The first-order chi connectivity index (χ1) is 14.4. The number of hydrogen-bond donors (Lipinski definition) is 2. The molecule has 158 valence electrons. The van der Waals surface area contributed by atoms with Crippen LogP contribution in [0.25, 0.3) is 10.9 Å². The second-order valence-electron chi connectivity index (χ2n) is 8.28. The van der Waals surface area contributed by atoms with Gasteiger partial charge in [-0.3, -0.25) is 0 Å². The van der Waals surface area contributed by atoms with Gasteiger partial charge in [-0.2, -0.15) is 13.2 Å². The number of nitrogens with zero attached hydrogens (tertiary/aromatic N) is 2. The Balaban J connectivity index is 1.27. The molecule has 3 aromatic rings. The summed E-state index contributed by atoms with van der Waals surface area (Å²) in [5, 5.41) is 5.51. The average Bonchev–Trinajstić information content (AvgIpc) is 3.40. The molecular weight excluding hydrogens is 413 g/mol. The standard InChI is InChI=1S/C22H22ClF3N4/c23-15-5-7-18-16(8-15)14(9-27-18)10-28-19-6-4-13-11-30(12-17(13)19)21-3-1-2-20(29-21)22(24,25)26/h1-3,5,7-9,13,17,19,27-28H,4,6,10-12H2/t13-,17+,19+/m1/s1. The third kappa shape index (κ3) is 3.65. The van der Waals surface area contributed by atoms with E-state index in [0.29, 0.717) is 28.7 Å². The highest BCUT2D eigenvalue weighted by atomic mass is 35.5. The van der Waals surface area contributed by atoms with Gasteiger partial charge in [0.05, 0.1) is 0 Å². The van der Waals surface area contributed by atoms with E-state index in [1.54, 1.807) is 6.07 Å². The monoisotopic (exact) mass is 434 g/mol. The molecule has 8 heteroatoms. The number of alkyl halides is 3. The van der Waals surface area contributed by atoms with Crippen molar-refractivity contribution < 1.29 is 13.2 Å². The summed E-state index contributed by atoms with van der Waals surface area (Å²) in [6.07, 6.45) is -0.244. The number of fused-ring (bicyclic) bond motifs is 2. The molecule has 0 bridgehead atoms. The van der Waals surface area contributed by atoms with Crippen LogP contribution >= 0.6 is 11.6 Å². The Morgan fingerprint density at radius 1 is 1.17 bits per heavy atom. The highest BCUT2D eigenvalue weighted by Crippen LogP contribution is 2.40. The number of aromatic amines is 1. The van der Waals surface area contributed by atoms with Crippen molar-refractivity contribution in [3.8, 4) is 0 Å². The minimum Gasteiger partial charge on any atom is -0.361 e. The van der Waals surface area contributed by atoms with Crippen molar-refractivity contribution >= 4 is 28.3 Å². The van der Waals surface area contributed by atoms with Gasteiger partial charge in [-0.05, 0) is 60.6 Å². The molecule has 5 rings (SSSR count). The van der Waals surface area contributed by atoms with E-state index in [4.69, 9.17) is 11.6 Å². The molecule has 1 aliphatic carbocycles. The maximum atomic E-state index is 13.0. The summed E-state index contributed by atoms with van der Waals surface area (Å²) in [7, 11) is 0. The smallest absolute Gasteiger partial charge is 0.361 e. The third-order valence-electron chi connectivity index (χ3n) is 6.49. The quantitative estimate of drug-likeness (QED) is 0.590. The number of benzene rings is 1. The van der Waals surface area contributed by atoms with Gasteiger partial charge in [-0.15, -0.1) is 0 Å². The predicted octanol–water partition coefficient (Wildman–Crippen LogP) is 5.24. The summed E-state index contributed by atoms with van der Waals surface area (Å²) in [6, 6.07) is 10.3. The van der Waals surface area contributed by atoms with Crippen LogP contribution in [0.1, 0.15) is 24.1 Å². The molecule has 30 heavy (non-hydrogen) atoms. The van der Waals surface area contributed by atoms with Crippen molar-refractivity contribution in [1.82, 2.24) is 15.3 Å². The fraction of sp³-hybridized carbons (Fsp3) is 0.409. The van der Waals surface area contributed by atoms with Crippen molar-refractivity contribution in [2.45, 2.75) is 31.6 Å². The summed E-state index contributed by atoms with van der Waals surface area (Å²) in [5.41, 5.74) is 1.40. The number of hydrogen-bond acceptors (Lipinski definition) is 3. The molecule has 1 aromatic carbocycles. The number of aromatic nitrogens is 2. The molecule has 1 aliphatic heterocycles. The van der Waals surface area contributed by atoms with E-state index in [1.165, 1.54) is 11.6 Å². The van der Waals surface area contributed by atoms with Crippen molar-refractivity contribution in [2.75, 3.05) is 18.0 Å². The van der Waals surface area contributed by atoms with Gasteiger partial charge >= 0.3 is 6.18 Å². The van der Waals surface area contributed by atoms with Crippen LogP contribution in [0.15, 0.2) is 42.6 Å². The zero-order valence-corrected chi connectivity index (χ0v) is 17.0. The third-order valence-corrected chi connectivity index (χ3v) is 6.72. The number of rotatable bonds is 4. The van der Waals surface area contributed by atoms with Gasteiger partial charge in [0, 0.05) is 47.8 Å². The Kier molecular flexibility index (Phi) is 4.90. The van der Waals surface area contributed by atoms with Gasteiger partial charge in [0.1, 0.15) is 11.5 Å². The van der Waals surface area contributed by atoms with Crippen molar-refractivity contribution in [2.24, 2.45) is 11.8 Å². The zero-order valence-electron chi connectivity index (χ0n) is 16.2. The summed E-state index contributed by atoms with van der Waals surface area (Å²) < 4.78 is 39.1. The van der Waals surface area contributed by atoms with E-state index < -0.39 is 11.9 Å². The van der Waals surface area contributed by atoms with Crippen LogP contribution in [0.2, 0.25) is 5.02 Å². The molecule has 4 nitrogen and oxygen atoms in total. The van der Waals surface area contributed by atoms with Crippen LogP contribution in [0.3, 0.4) is 0 Å². The lowest BCUT2D eigenvalue weighted by Gasteiger charge is -2.23. The van der Waals surface area contributed by atoms with Crippen LogP contribution in [0, 0.1) is 11.8 Å². The lowest BCUT2D eigenvalue weighted by Crippen LogP contribution is -2.35. The molecule has 3 atom stereocenters. The number of anilines is 1. The highest BCUT2D eigenvalue weighted by Gasteiger charge is 2.43. The molecule has 0 unspecified atom stereocenters. The first-order valence-corrected chi connectivity index (χ1v) is 10.5. The maximum absolute atomic E-state index is 13.0. The molecule has 0 radical (unpaired) electrons. The Hall–Kier alpha value is -2.25. The lowest BCUT2D eigenvalue weighted by atomic mass is 9.97. The molecular formula is C22H22ClF3N4. The van der Waals surface area contributed by atoms with E-state index in [0.717, 1.165) is 49.4 Å². The first kappa shape index (κ1) is 19.7. The van der Waals surface area contributed by atoms with Gasteiger partial charge in [0.25, 0.3) is 0 Å². The van der Waals surface area contributed by atoms with Gasteiger partial charge < -0.3 is 15.2 Å². The summed E-state index contributed by atoms with van der Waals surface area (Å²) in [4.78, 5) is 9.15. The van der Waals surface area contributed by atoms with Gasteiger partial charge in [0.2, 0.25) is 0 Å². The van der Waals surface area contributed by atoms with Crippen LogP contribution in [-0.4, -0.2) is 29.1 Å². The Morgan fingerprint density at radius 3 is 2.87 bits per heavy atom. The molecule has 2 N–H and O–H groups in total. The van der Waals surface area contributed by atoms with E-state index in [-0.39, 0.29) is 0 Å². The predicted molar refractivity (Wildman–Crippen MR) is 112 cm³/mol. The van der Waals surface area contributed by atoms with E-state index in [9.17, 15) is 13.2 Å². The minimum atomic E-state index is -4.42. The Morgan fingerprint density at radius 2 is 2.03 bits per heavy atom. The molecule has 1 saturated carbocycles. The zero-order chi connectivity index (χ0) is 20.9. The van der Waals surface area contributed by atoms with Gasteiger partial charge in [-0.25, -0.2) is 4.98 Å². The lowest BCUT2D eigenvalue weighted by molar-refractivity contribution is -0.141. The second kappa shape index (κ2) is 7.46. The summed E-state index contributed by atoms with van der Waals surface area (Å²) in [6.45, 7) is 2.23. The Bertz CT molecular complexity index is 1060. The van der Waals surface area contributed by atoms with Crippen molar-refractivity contribution in [3.63, 3.8) is 0 Å². The van der Waals surface area contributed by atoms with Crippen LogP contribution in [0.4, 0.5) is 19.0 Å². The van der Waals surface area contributed by atoms with Gasteiger partial charge in [0.15, 0.2) is 0 Å². The largest absolute Gasteiger partial charge is 0.433 e. The molecule has 0 spiro atoms. The summed E-state index contributed by atoms with van der Waals surface area (Å²) >= 11 is 6.15. The molecule has 3 heterocycles. The first-order valence-electron chi connectivity index (χ1n) is 10.2. The normalized spacial score (nSPS) is 24.0. The van der Waals surface area contributed by atoms with Crippen LogP contribution in [-0.2, 0) is 12.7 Å².